The molecule has 0 aromatic heterocycles. The highest BCUT2D eigenvalue weighted by molar-refractivity contribution is 14.0. The lowest BCUT2D eigenvalue weighted by atomic mass is 9.98. The Balaban J connectivity index is 0.00000364. The summed E-state index contributed by atoms with van der Waals surface area (Å²) in [6.07, 6.45) is 2.81. The van der Waals surface area contributed by atoms with Crippen molar-refractivity contribution in [3.63, 3.8) is 0 Å². The molecule has 0 bridgehead atoms. The first-order valence-corrected chi connectivity index (χ1v) is 10.5. The molecule has 154 valence electrons. The summed E-state index contributed by atoms with van der Waals surface area (Å²) >= 11 is 0. The van der Waals surface area contributed by atoms with Gasteiger partial charge in [-0.15, -0.1) is 24.0 Å². The number of piperidine rings is 1. The third-order valence-corrected chi connectivity index (χ3v) is 5.59. The van der Waals surface area contributed by atoms with Gasteiger partial charge in [-0.25, -0.2) is 26.5 Å². The number of rotatable bonds is 6. The average Bonchev–Trinajstić information content (AvgIpc) is 2.56. The van der Waals surface area contributed by atoms with Gasteiger partial charge in [-0.1, -0.05) is 0 Å². The van der Waals surface area contributed by atoms with Crippen LogP contribution in [0.5, 0.6) is 0 Å². The van der Waals surface area contributed by atoms with Crippen molar-refractivity contribution in [1.29, 1.82) is 0 Å². The number of guanidine groups is 1. The van der Waals surface area contributed by atoms with Crippen molar-refractivity contribution in [1.82, 2.24) is 14.9 Å². The van der Waals surface area contributed by atoms with E-state index in [0.717, 1.165) is 18.9 Å². The van der Waals surface area contributed by atoms with E-state index in [1.807, 2.05) is 6.92 Å². The Kier molecular flexibility index (Phi) is 9.88. The summed E-state index contributed by atoms with van der Waals surface area (Å²) in [5.41, 5.74) is 0.459. The van der Waals surface area contributed by atoms with E-state index in [0.29, 0.717) is 43.6 Å². The fourth-order valence-corrected chi connectivity index (χ4v) is 3.77. The highest BCUT2D eigenvalue weighted by Crippen LogP contribution is 2.18. The minimum Gasteiger partial charge on any atom is -0.357 e. The summed E-state index contributed by atoms with van der Waals surface area (Å²) in [6, 6.07) is 3.35. The zero-order valence-corrected chi connectivity index (χ0v) is 18.7. The van der Waals surface area contributed by atoms with Gasteiger partial charge in [-0.2, -0.15) is 0 Å². The molecule has 6 nitrogen and oxygen atoms in total. The van der Waals surface area contributed by atoms with Crippen molar-refractivity contribution < 1.29 is 17.2 Å². The van der Waals surface area contributed by atoms with Crippen LogP contribution in [-0.2, 0) is 16.6 Å². The predicted octanol–water partition coefficient (Wildman–Crippen LogP) is 2.31. The molecule has 1 heterocycles. The first kappa shape index (κ1) is 24.0. The summed E-state index contributed by atoms with van der Waals surface area (Å²) < 4.78 is 51.1. The van der Waals surface area contributed by atoms with E-state index in [1.165, 1.54) is 22.7 Å². The lowest BCUT2D eigenvalue weighted by Gasteiger charge is -2.30. The molecule has 1 saturated heterocycles. The van der Waals surface area contributed by atoms with Crippen molar-refractivity contribution in [3.8, 4) is 0 Å². The normalized spacial score (nSPS) is 16.7. The number of nitrogens with zero attached hydrogens (tertiary/aromatic N) is 2. The second kappa shape index (κ2) is 11.1. The van der Waals surface area contributed by atoms with Gasteiger partial charge >= 0.3 is 0 Å². The molecule has 0 unspecified atom stereocenters. The van der Waals surface area contributed by atoms with Crippen LogP contribution < -0.4 is 10.6 Å². The maximum absolute atomic E-state index is 13.2. The van der Waals surface area contributed by atoms with Crippen LogP contribution in [0.25, 0.3) is 0 Å². The van der Waals surface area contributed by atoms with Gasteiger partial charge in [0.1, 0.15) is 11.6 Å². The standard InChI is InChI=1S/C17H26F2N4O2S.HI/c1-3-20-17(22-12-14-8-15(18)10-16(19)9-14)21-11-13-4-6-23(7-5-13)26(2,24)25;/h8-10,13H,3-7,11-12H2,1-2H3,(H2,20,21,22);1H. The second-order valence-corrected chi connectivity index (χ2v) is 8.44. The number of sulfonamides is 1. The zero-order chi connectivity index (χ0) is 19.2. The molecule has 1 aromatic rings. The van der Waals surface area contributed by atoms with Crippen molar-refractivity contribution in [2.45, 2.75) is 26.3 Å². The third kappa shape index (κ3) is 8.26. The second-order valence-electron chi connectivity index (χ2n) is 6.46. The minimum atomic E-state index is -3.12. The van der Waals surface area contributed by atoms with E-state index in [2.05, 4.69) is 15.6 Å². The topological polar surface area (TPSA) is 73.8 Å². The summed E-state index contributed by atoms with van der Waals surface area (Å²) in [5.74, 6) is -0.317. The van der Waals surface area contributed by atoms with E-state index in [1.54, 1.807) is 0 Å². The van der Waals surface area contributed by atoms with E-state index >= 15 is 0 Å². The van der Waals surface area contributed by atoms with Gasteiger partial charge in [0.25, 0.3) is 0 Å². The molecule has 0 aliphatic carbocycles. The van der Waals surface area contributed by atoms with Crippen LogP contribution in [0, 0.1) is 17.6 Å². The van der Waals surface area contributed by atoms with Gasteiger partial charge in [0.2, 0.25) is 10.0 Å². The summed E-state index contributed by atoms with van der Waals surface area (Å²) in [5, 5.41) is 6.33. The van der Waals surface area contributed by atoms with E-state index < -0.39 is 21.7 Å². The van der Waals surface area contributed by atoms with E-state index in [-0.39, 0.29) is 30.5 Å². The van der Waals surface area contributed by atoms with Crippen molar-refractivity contribution >= 4 is 40.0 Å². The predicted molar refractivity (Wildman–Crippen MR) is 114 cm³/mol. The number of halogens is 3. The number of hydrogen-bond acceptors (Lipinski definition) is 3. The minimum absolute atomic E-state index is 0. The molecule has 27 heavy (non-hydrogen) atoms. The Morgan fingerprint density at radius 1 is 1.19 bits per heavy atom. The Morgan fingerprint density at radius 2 is 1.78 bits per heavy atom. The molecule has 1 fully saturated rings. The number of benzene rings is 1. The molecule has 2 rings (SSSR count). The van der Waals surface area contributed by atoms with Gasteiger partial charge in [0.15, 0.2) is 5.96 Å². The van der Waals surface area contributed by atoms with Crippen LogP contribution in [0.2, 0.25) is 0 Å². The molecule has 0 atom stereocenters. The first-order chi connectivity index (χ1) is 12.3. The van der Waals surface area contributed by atoms with Gasteiger partial charge < -0.3 is 10.6 Å². The smallest absolute Gasteiger partial charge is 0.211 e. The van der Waals surface area contributed by atoms with Crippen molar-refractivity contribution in [2.75, 3.05) is 32.4 Å². The average molecular weight is 516 g/mol. The molecule has 0 radical (unpaired) electrons. The lowest BCUT2D eigenvalue weighted by Crippen LogP contribution is -2.44. The van der Waals surface area contributed by atoms with E-state index in [9.17, 15) is 17.2 Å². The SMILES string of the molecule is CCNC(=NCc1cc(F)cc(F)c1)NCC1CCN(S(C)(=O)=O)CC1.I. The lowest BCUT2D eigenvalue weighted by molar-refractivity contribution is 0.275. The molecule has 2 N–H and O–H groups in total. The Labute approximate surface area is 176 Å². The number of nitrogens with one attached hydrogen (secondary N) is 2. The molecule has 0 saturated carbocycles. The summed E-state index contributed by atoms with van der Waals surface area (Å²) in [4.78, 5) is 4.36. The van der Waals surface area contributed by atoms with Gasteiger partial charge in [0, 0.05) is 32.2 Å². The maximum Gasteiger partial charge on any atom is 0.211 e. The molecule has 1 aliphatic heterocycles. The van der Waals surface area contributed by atoms with Gasteiger partial charge in [-0.3, -0.25) is 0 Å². The van der Waals surface area contributed by atoms with Crippen LogP contribution >= 0.6 is 24.0 Å². The van der Waals surface area contributed by atoms with Gasteiger partial charge in [0.05, 0.1) is 12.8 Å². The maximum atomic E-state index is 13.2. The summed E-state index contributed by atoms with van der Waals surface area (Å²) in [7, 11) is -3.12. The molecular formula is C17H27F2IN4O2S. The molecule has 1 aliphatic rings. The Morgan fingerprint density at radius 3 is 2.30 bits per heavy atom. The van der Waals surface area contributed by atoms with Crippen LogP contribution in [0.15, 0.2) is 23.2 Å². The van der Waals surface area contributed by atoms with Crippen LogP contribution in [0.3, 0.4) is 0 Å². The third-order valence-electron chi connectivity index (χ3n) is 4.29. The molecule has 10 heteroatoms. The quantitative estimate of drug-likeness (QED) is 0.346. The number of hydrogen-bond donors (Lipinski definition) is 2. The molecular weight excluding hydrogens is 489 g/mol. The van der Waals surface area contributed by atoms with Crippen LogP contribution in [0.4, 0.5) is 8.78 Å². The zero-order valence-electron chi connectivity index (χ0n) is 15.5. The monoisotopic (exact) mass is 516 g/mol. The molecule has 0 amide bonds. The van der Waals surface area contributed by atoms with Crippen molar-refractivity contribution in [2.24, 2.45) is 10.9 Å². The largest absolute Gasteiger partial charge is 0.357 e. The Hall–Kier alpha value is -1.01. The van der Waals surface area contributed by atoms with Crippen LogP contribution in [-0.4, -0.2) is 51.1 Å². The highest BCUT2D eigenvalue weighted by atomic mass is 127. The molecule has 0 spiro atoms. The van der Waals surface area contributed by atoms with E-state index in [4.69, 9.17) is 0 Å². The number of aliphatic imine (C=N–C) groups is 1. The molecule has 1 aromatic carbocycles. The fraction of sp³-hybridized carbons (Fsp3) is 0.588. The Bertz CT molecular complexity index is 718. The highest BCUT2D eigenvalue weighted by Gasteiger charge is 2.24. The van der Waals surface area contributed by atoms with Crippen molar-refractivity contribution in [3.05, 3.63) is 35.4 Å². The fourth-order valence-electron chi connectivity index (χ4n) is 2.90. The van der Waals surface area contributed by atoms with Gasteiger partial charge in [-0.05, 0) is 43.4 Å². The van der Waals surface area contributed by atoms with Crippen LogP contribution in [0.1, 0.15) is 25.3 Å². The summed E-state index contributed by atoms with van der Waals surface area (Å²) in [6.45, 7) is 4.49. The first-order valence-electron chi connectivity index (χ1n) is 8.70.